The summed E-state index contributed by atoms with van der Waals surface area (Å²) >= 11 is 0. The van der Waals surface area contributed by atoms with E-state index in [1.54, 1.807) is 37.4 Å². The van der Waals surface area contributed by atoms with E-state index in [2.05, 4.69) is 12.2 Å². The Bertz CT molecular complexity index is 1030. The summed E-state index contributed by atoms with van der Waals surface area (Å²) in [6.07, 6.45) is 4.05. The second-order valence-electron chi connectivity index (χ2n) is 7.95. The van der Waals surface area contributed by atoms with Gasteiger partial charge in [0.1, 0.15) is 5.75 Å². The Hall–Kier alpha value is -3.60. The number of unbranched alkanes of at least 4 members (excludes halogenated alkanes) is 2. The molecule has 0 spiro atoms. The van der Waals surface area contributed by atoms with Crippen LogP contribution in [-0.2, 0) is 6.42 Å². The molecule has 2 amide bonds. The van der Waals surface area contributed by atoms with Crippen LogP contribution in [0.15, 0.2) is 78.9 Å². The standard InChI is InChI=1S/C28H32N2O3/c1-3-4-10-21-33-24-17-15-23(16-18-24)28(32)30(2)26-14-9-8-13-25(26)27(31)29-20-19-22-11-6-5-7-12-22/h5-9,11-18H,3-4,10,19-21H2,1-2H3,(H,29,31). The number of carbonyl (C=O) groups excluding carboxylic acids is 2. The van der Waals surface area contributed by atoms with Crippen molar-refractivity contribution in [3.63, 3.8) is 0 Å². The van der Waals surface area contributed by atoms with Crippen LogP contribution in [0.4, 0.5) is 5.69 Å². The Labute approximate surface area is 196 Å². The van der Waals surface area contributed by atoms with Crippen molar-refractivity contribution in [3.8, 4) is 5.75 Å². The van der Waals surface area contributed by atoms with Crippen LogP contribution in [0.1, 0.15) is 52.5 Å². The highest BCUT2D eigenvalue weighted by atomic mass is 16.5. The van der Waals surface area contributed by atoms with Crippen LogP contribution in [0.25, 0.3) is 0 Å². The van der Waals surface area contributed by atoms with Gasteiger partial charge >= 0.3 is 0 Å². The zero-order valence-corrected chi connectivity index (χ0v) is 19.4. The maximum absolute atomic E-state index is 13.1. The highest BCUT2D eigenvalue weighted by molar-refractivity contribution is 6.10. The Morgan fingerprint density at radius 2 is 1.58 bits per heavy atom. The lowest BCUT2D eigenvalue weighted by molar-refractivity contribution is 0.0954. The first-order valence-corrected chi connectivity index (χ1v) is 11.5. The van der Waals surface area contributed by atoms with Crippen molar-refractivity contribution < 1.29 is 14.3 Å². The maximum atomic E-state index is 13.1. The van der Waals surface area contributed by atoms with Crippen molar-refractivity contribution in [2.24, 2.45) is 0 Å². The zero-order valence-electron chi connectivity index (χ0n) is 19.4. The lowest BCUT2D eigenvalue weighted by Gasteiger charge is -2.21. The summed E-state index contributed by atoms with van der Waals surface area (Å²) < 4.78 is 5.73. The first-order valence-electron chi connectivity index (χ1n) is 11.5. The van der Waals surface area contributed by atoms with E-state index in [-0.39, 0.29) is 11.8 Å². The molecule has 0 aromatic heterocycles. The van der Waals surface area contributed by atoms with Crippen LogP contribution in [0.3, 0.4) is 0 Å². The Morgan fingerprint density at radius 1 is 0.879 bits per heavy atom. The van der Waals surface area contributed by atoms with Gasteiger partial charge in [0.2, 0.25) is 0 Å². The second-order valence-corrected chi connectivity index (χ2v) is 7.95. The van der Waals surface area contributed by atoms with E-state index in [0.29, 0.717) is 30.0 Å². The summed E-state index contributed by atoms with van der Waals surface area (Å²) in [5.74, 6) is 0.373. The van der Waals surface area contributed by atoms with Gasteiger partial charge in [0.25, 0.3) is 11.8 Å². The number of anilines is 1. The van der Waals surface area contributed by atoms with Gasteiger partial charge in [-0.3, -0.25) is 9.59 Å². The largest absolute Gasteiger partial charge is 0.494 e. The molecule has 5 nitrogen and oxygen atoms in total. The van der Waals surface area contributed by atoms with Gasteiger partial charge in [-0.1, -0.05) is 62.2 Å². The topological polar surface area (TPSA) is 58.6 Å². The number of carbonyl (C=O) groups is 2. The van der Waals surface area contributed by atoms with Crippen molar-refractivity contribution in [3.05, 3.63) is 95.6 Å². The molecule has 3 rings (SSSR count). The molecule has 0 heterocycles. The summed E-state index contributed by atoms with van der Waals surface area (Å²) in [5, 5.41) is 2.96. The summed E-state index contributed by atoms with van der Waals surface area (Å²) in [6, 6.07) is 24.3. The highest BCUT2D eigenvalue weighted by Gasteiger charge is 2.19. The van der Waals surface area contributed by atoms with Gasteiger partial charge in [0, 0.05) is 19.2 Å². The molecule has 0 saturated heterocycles. The molecule has 3 aromatic carbocycles. The van der Waals surface area contributed by atoms with Gasteiger partial charge in [-0.2, -0.15) is 0 Å². The molecular formula is C28H32N2O3. The van der Waals surface area contributed by atoms with E-state index in [4.69, 9.17) is 4.74 Å². The molecule has 0 fully saturated rings. The van der Waals surface area contributed by atoms with Gasteiger partial charge in [-0.15, -0.1) is 0 Å². The van der Waals surface area contributed by atoms with Gasteiger partial charge in [-0.05, 0) is 54.8 Å². The first-order chi connectivity index (χ1) is 16.1. The molecular weight excluding hydrogens is 412 g/mol. The predicted octanol–water partition coefficient (Wildman–Crippen LogP) is 5.50. The molecule has 0 saturated carbocycles. The summed E-state index contributed by atoms with van der Waals surface area (Å²) in [4.78, 5) is 27.4. The van der Waals surface area contributed by atoms with Crippen LogP contribution in [0.5, 0.6) is 5.75 Å². The van der Waals surface area contributed by atoms with Gasteiger partial charge in [0.05, 0.1) is 17.9 Å². The van der Waals surface area contributed by atoms with Crippen LogP contribution >= 0.6 is 0 Å². The van der Waals surface area contributed by atoms with Crippen molar-refractivity contribution in [2.75, 3.05) is 25.1 Å². The summed E-state index contributed by atoms with van der Waals surface area (Å²) in [7, 11) is 1.69. The SMILES string of the molecule is CCCCCOc1ccc(C(=O)N(C)c2ccccc2C(=O)NCCc2ccccc2)cc1. The molecule has 0 unspecified atom stereocenters. The number of amides is 2. The molecule has 0 atom stereocenters. The fourth-order valence-corrected chi connectivity index (χ4v) is 3.56. The minimum absolute atomic E-state index is 0.183. The third kappa shape index (κ3) is 6.94. The molecule has 1 N–H and O–H groups in total. The monoisotopic (exact) mass is 444 g/mol. The molecule has 3 aromatic rings. The minimum atomic E-state index is -0.197. The first kappa shape index (κ1) is 24.1. The zero-order chi connectivity index (χ0) is 23.5. The number of hydrogen-bond donors (Lipinski definition) is 1. The second kappa shape index (κ2) is 12.4. The molecule has 33 heavy (non-hydrogen) atoms. The van der Waals surface area contributed by atoms with Crippen molar-refractivity contribution >= 4 is 17.5 Å². The van der Waals surface area contributed by atoms with Gasteiger partial charge in [0.15, 0.2) is 0 Å². The molecule has 5 heteroatoms. The van der Waals surface area contributed by atoms with E-state index >= 15 is 0 Å². The third-order valence-electron chi connectivity index (χ3n) is 5.47. The Morgan fingerprint density at radius 3 is 2.30 bits per heavy atom. The Balaban J connectivity index is 1.63. The van der Waals surface area contributed by atoms with Crippen LogP contribution in [0, 0.1) is 0 Å². The molecule has 0 bridgehead atoms. The predicted molar refractivity (Wildman–Crippen MR) is 133 cm³/mol. The number of hydrogen-bond acceptors (Lipinski definition) is 3. The van der Waals surface area contributed by atoms with Crippen molar-refractivity contribution in [2.45, 2.75) is 32.6 Å². The lowest BCUT2D eigenvalue weighted by Crippen LogP contribution is -2.31. The van der Waals surface area contributed by atoms with Crippen LogP contribution < -0.4 is 15.0 Å². The number of nitrogens with zero attached hydrogens (tertiary/aromatic N) is 1. The van der Waals surface area contributed by atoms with Gasteiger partial charge < -0.3 is 15.0 Å². The average Bonchev–Trinajstić information content (AvgIpc) is 2.86. The fraction of sp³-hybridized carbons (Fsp3) is 0.286. The Kier molecular flexibility index (Phi) is 9.07. The van der Waals surface area contributed by atoms with E-state index in [0.717, 1.165) is 37.0 Å². The number of benzene rings is 3. The van der Waals surface area contributed by atoms with E-state index < -0.39 is 0 Å². The van der Waals surface area contributed by atoms with Crippen molar-refractivity contribution in [1.82, 2.24) is 5.32 Å². The lowest BCUT2D eigenvalue weighted by atomic mass is 10.1. The number of para-hydroxylation sites is 1. The quantitative estimate of drug-likeness (QED) is 0.397. The number of ether oxygens (including phenoxy) is 1. The number of rotatable bonds is 11. The summed E-state index contributed by atoms with van der Waals surface area (Å²) in [5.41, 5.74) is 2.74. The van der Waals surface area contributed by atoms with E-state index in [1.165, 1.54) is 4.90 Å². The van der Waals surface area contributed by atoms with Crippen LogP contribution in [-0.4, -0.2) is 32.0 Å². The van der Waals surface area contributed by atoms with Crippen LogP contribution in [0.2, 0.25) is 0 Å². The average molecular weight is 445 g/mol. The van der Waals surface area contributed by atoms with Crippen molar-refractivity contribution in [1.29, 1.82) is 0 Å². The normalized spacial score (nSPS) is 10.5. The third-order valence-corrected chi connectivity index (χ3v) is 5.47. The number of nitrogens with one attached hydrogen (secondary N) is 1. The molecule has 0 aliphatic carbocycles. The smallest absolute Gasteiger partial charge is 0.258 e. The highest BCUT2D eigenvalue weighted by Crippen LogP contribution is 2.22. The maximum Gasteiger partial charge on any atom is 0.258 e. The van der Waals surface area contributed by atoms with Gasteiger partial charge in [-0.25, -0.2) is 0 Å². The summed E-state index contributed by atoms with van der Waals surface area (Å²) in [6.45, 7) is 3.35. The fourth-order valence-electron chi connectivity index (χ4n) is 3.56. The molecule has 0 aliphatic rings. The molecule has 172 valence electrons. The minimum Gasteiger partial charge on any atom is -0.494 e. The molecule has 0 aliphatic heterocycles. The van der Waals surface area contributed by atoms with E-state index in [1.807, 2.05) is 48.5 Å². The molecule has 0 radical (unpaired) electrons. The van der Waals surface area contributed by atoms with E-state index in [9.17, 15) is 9.59 Å².